The zero-order valence-electron chi connectivity index (χ0n) is 10.0. The summed E-state index contributed by atoms with van der Waals surface area (Å²) in [6.07, 6.45) is 6.56. The molecule has 2 bridgehead atoms. The maximum atomic E-state index is 5.90. The number of rotatable bonds is 5. The second kappa shape index (κ2) is 4.67. The van der Waals surface area contributed by atoms with Crippen LogP contribution < -0.4 is 0 Å². The van der Waals surface area contributed by atoms with E-state index < -0.39 is 0 Å². The summed E-state index contributed by atoms with van der Waals surface area (Å²) >= 11 is 0. The van der Waals surface area contributed by atoms with Crippen LogP contribution in [0.5, 0.6) is 0 Å². The van der Waals surface area contributed by atoms with Crippen LogP contribution in [0.4, 0.5) is 0 Å². The molecular weight excluding hydrogens is 214 g/mol. The highest BCUT2D eigenvalue weighted by atomic mass is 16.5. The quantitative estimate of drug-likeness (QED) is 0.730. The van der Waals surface area contributed by atoms with Crippen LogP contribution in [0.25, 0.3) is 0 Å². The van der Waals surface area contributed by atoms with E-state index >= 15 is 0 Å². The molecule has 0 amide bonds. The molecule has 0 aromatic carbocycles. The molecule has 3 unspecified atom stereocenters. The van der Waals surface area contributed by atoms with Crippen molar-refractivity contribution in [2.24, 2.45) is 5.92 Å². The number of piperidine rings is 1. The molecule has 1 saturated heterocycles. The molecule has 1 aromatic heterocycles. The third kappa shape index (κ3) is 2.05. The predicted octanol–water partition coefficient (Wildman–Crippen LogP) is 2.45. The van der Waals surface area contributed by atoms with Gasteiger partial charge in [0.1, 0.15) is 5.76 Å². The summed E-state index contributed by atoms with van der Waals surface area (Å²) < 4.78 is 11.3. The summed E-state index contributed by atoms with van der Waals surface area (Å²) in [5, 5.41) is 0. The van der Waals surface area contributed by atoms with Crippen LogP contribution in [0, 0.1) is 5.92 Å². The Morgan fingerprint density at radius 3 is 3.24 bits per heavy atom. The van der Waals surface area contributed by atoms with Crippen LogP contribution in [0.2, 0.25) is 0 Å². The summed E-state index contributed by atoms with van der Waals surface area (Å²) in [4.78, 5) is 2.50. The van der Waals surface area contributed by atoms with Gasteiger partial charge in [0.2, 0.25) is 0 Å². The molecule has 2 fully saturated rings. The van der Waals surface area contributed by atoms with Gasteiger partial charge in [-0.1, -0.05) is 6.08 Å². The molecule has 0 radical (unpaired) electrons. The van der Waals surface area contributed by atoms with Crippen molar-refractivity contribution in [3.05, 3.63) is 36.8 Å². The normalized spacial score (nSPS) is 32.1. The molecule has 3 rings (SSSR count). The van der Waals surface area contributed by atoms with Crippen LogP contribution >= 0.6 is 0 Å². The maximum absolute atomic E-state index is 5.90. The molecule has 3 nitrogen and oxygen atoms in total. The second-order valence-corrected chi connectivity index (χ2v) is 5.00. The molecule has 17 heavy (non-hydrogen) atoms. The molecule has 2 heterocycles. The van der Waals surface area contributed by atoms with E-state index in [0.717, 1.165) is 18.8 Å². The van der Waals surface area contributed by atoms with E-state index in [1.807, 2.05) is 18.2 Å². The van der Waals surface area contributed by atoms with Gasteiger partial charge in [0, 0.05) is 12.6 Å². The minimum atomic E-state index is 0.406. The lowest BCUT2D eigenvalue weighted by atomic mass is 10.1. The number of hydrogen-bond donors (Lipinski definition) is 0. The molecule has 1 aromatic rings. The highest BCUT2D eigenvalue weighted by Gasteiger charge is 2.47. The van der Waals surface area contributed by atoms with E-state index in [4.69, 9.17) is 9.15 Å². The third-order valence-electron chi connectivity index (χ3n) is 3.96. The first-order valence-corrected chi connectivity index (χ1v) is 6.37. The zero-order chi connectivity index (χ0) is 11.7. The third-order valence-corrected chi connectivity index (χ3v) is 3.96. The molecule has 0 spiro atoms. The Bertz CT molecular complexity index is 374. The Labute approximate surface area is 102 Å². The maximum Gasteiger partial charge on any atom is 0.117 e. The first-order chi connectivity index (χ1) is 8.38. The fraction of sp³-hybridized carbons (Fsp3) is 0.571. The van der Waals surface area contributed by atoms with Crippen molar-refractivity contribution in [3.8, 4) is 0 Å². The van der Waals surface area contributed by atoms with Gasteiger partial charge in [0.05, 0.1) is 25.5 Å². The van der Waals surface area contributed by atoms with Crippen LogP contribution in [0.3, 0.4) is 0 Å². The van der Waals surface area contributed by atoms with Crippen LogP contribution in [0.15, 0.2) is 35.5 Å². The van der Waals surface area contributed by atoms with E-state index in [1.54, 1.807) is 6.26 Å². The first kappa shape index (κ1) is 11.1. The average Bonchev–Trinajstić information content (AvgIpc) is 3.02. The van der Waals surface area contributed by atoms with Crippen LogP contribution in [-0.4, -0.2) is 30.2 Å². The molecule has 3 atom stereocenters. The molecule has 3 heteroatoms. The van der Waals surface area contributed by atoms with Crippen molar-refractivity contribution < 1.29 is 9.15 Å². The van der Waals surface area contributed by atoms with Crippen LogP contribution in [-0.2, 0) is 11.3 Å². The van der Waals surface area contributed by atoms with Gasteiger partial charge < -0.3 is 9.15 Å². The Hall–Kier alpha value is -1.06. The van der Waals surface area contributed by atoms with E-state index in [1.165, 1.54) is 12.8 Å². The Balaban J connectivity index is 1.63. The Morgan fingerprint density at radius 2 is 2.47 bits per heavy atom. The van der Waals surface area contributed by atoms with Crippen LogP contribution in [0.1, 0.15) is 18.6 Å². The smallest absolute Gasteiger partial charge is 0.117 e. The van der Waals surface area contributed by atoms with Gasteiger partial charge in [0.15, 0.2) is 0 Å². The minimum Gasteiger partial charge on any atom is -0.468 e. The molecule has 2 aliphatic rings. The van der Waals surface area contributed by atoms with Gasteiger partial charge in [-0.25, -0.2) is 0 Å². The first-order valence-electron chi connectivity index (χ1n) is 6.37. The van der Waals surface area contributed by atoms with E-state index in [0.29, 0.717) is 24.7 Å². The summed E-state index contributed by atoms with van der Waals surface area (Å²) in [5.41, 5.74) is 0. The largest absolute Gasteiger partial charge is 0.468 e. The summed E-state index contributed by atoms with van der Waals surface area (Å²) in [7, 11) is 0. The van der Waals surface area contributed by atoms with E-state index in [-0.39, 0.29) is 0 Å². The number of likely N-dealkylation sites (tertiary alicyclic amines) is 1. The van der Waals surface area contributed by atoms with Crippen molar-refractivity contribution in [1.29, 1.82) is 0 Å². The minimum absolute atomic E-state index is 0.406. The van der Waals surface area contributed by atoms with Gasteiger partial charge in [0.25, 0.3) is 0 Å². The lowest BCUT2D eigenvalue weighted by molar-refractivity contribution is 0.0437. The van der Waals surface area contributed by atoms with Crippen molar-refractivity contribution in [3.63, 3.8) is 0 Å². The predicted molar refractivity (Wildman–Crippen MR) is 65.6 cm³/mol. The highest BCUT2D eigenvalue weighted by molar-refractivity contribution is 5.05. The lowest BCUT2D eigenvalue weighted by Gasteiger charge is -2.25. The van der Waals surface area contributed by atoms with Gasteiger partial charge in [-0.3, -0.25) is 4.90 Å². The number of hydrogen-bond acceptors (Lipinski definition) is 3. The SMILES string of the molecule is C=CCOC1C2CCC1N(Cc1ccco1)C2. The van der Waals surface area contributed by atoms with Gasteiger partial charge in [-0.15, -0.1) is 6.58 Å². The van der Waals surface area contributed by atoms with Gasteiger partial charge >= 0.3 is 0 Å². The van der Waals surface area contributed by atoms with Crippen molar-refractivity contribution in [2.75, 3.05) is 13.2 Å². The molecule has 1 saturated carbocycles. The molecule has 0 N–H and O–H groups in total. The fourth-order valence-electron chi connectivity index (χ4n) is 3.26. The van der Waals surface area contributed by atoms with Crippen molar-refractivity contribution >= 4 is 0 Å². The summed E-state index contributed by atoms with van der Waals surface area (Å²) in [6.45, 7) is 6.46. The topological polar surface area (TPSA) is 25.6 Å². The average molecular weight is 233 g/mol. The fourth-order valence-corrected chi connectivity index (χ4v) is 3.26. The van der Waals surface area contributed by atoms with Gasteiger partial charge in [-0.05, 0) is 30.9 Å². The van der Waals surface area contributed by atoms with Gasteiger partial charge in [-0.2, -0.15) is 0 Å². The molecule has 1 aliphatic carbocycles. The standard InChI is InChI=1S/C14H19NO2/c1-2-7-17-14-11-5-6-13(14)15(9-11)10-12-4-3-8-16-12/h2-4,8,11,13-14H,1,5-7,9-10H2. The molecule has 92 valence electrons. The molecule has 1 aliphatic heterocycles. The second-order valence-electron chi connectivity index (χ2n) is 5.00. The Kier molecular flexibility index (Phi) is 3.04. The number of nitrogens with zero attached hydrogens (tertiary/aromatic N) is 1. The monoisotopic (exact) mass is 233 g/mol. The van der Waals surface area contributed by atoms with Crippen molar-refractivity contribution in [2.45, 2.75) is 31.5 Å². The number of ether oxygens (including phenoxy) is 1. The highest BCUT2D eigenvalue weighted by Crippen LogP contribution is 2.40. The number of fused-ring (bicyclic) bond motifs is 2. The van der Waals surface area contributed by atoms with E-state index in [9.17, 15) is 0 Å². The summed E-state index contributed by atoms with van der Waals surface area (Å²) in [6, 6.07) is 4.58. The molecular formula is C14H19NO2. The van der Waals surface area contributed by atoms with Crippen molar-refractivity contribution in [1.82, 2.24) is 4.90 Å². The summed E-state index contributed by atoms with van der Waals surface area (Å²) in [5.74, 6) is 1.76. The Morgan fingerprint density at radius 1 is 1.53 bits per heavy atom. The number of furan rings is 1. The van der Waals surface area contributed by atoms with E-state index in [2.05, 4.69) is 11.5 Å². The lowest BCUT2D eigenvalue weighted by Crippen LogP contribution is -2.34. The zero-order valence-corrected chi connectivity index (χ0v) is 10.0.